The normalized spacial score (nSPS) is 15.7. The van der Waals surface area contributed by atoms with E-state index in [0.717, 1.165) is 88.5 Å². The molecule has 0 bridgehead atoms. The van der Waals surface area contributed by atoms with Gasteiger partial charge in [0.15, 0.2) is 0 Å². The summed E-state index contributed by atoms with van der Waals surface area (Å²) in [6.45, 7) is 26.7. The highest BCUT2D eigenvalue weighted by atomic mass is 35.5. The van der Waals surface area contributed by atoms with Gasteiger partial charge in [-0.15, -0.1) is 24.8 Å². The summed E-state index contributed by atoms with van der Waals surface area (Å²) in [6.07, 6.45) is 8.51. The zero-order valence-corrected chi connectivity index (χ0v) is 38.7. The predicted octanol–water partition coefficient (Wildman–Crippen LogP) is 11.2. The Bertz CT molecular complexity index is 1700. The minimum absolute atomic E-state index is 0. The van der Waals surface area contributed by atoms with Crippen molar-refractivity contribution in [2.75, 3.05) is 65.8 Å². The van der Waals surface area contributed by atoms with Crippen molar-refractivity contribution in [1.82, 2.24) is 15.6 Å². The average Bonchev–Trinajstić information content (AvgIpc) is 3.23. The van der Waals surface area contributed by atoms with Gasteiger partial charge in [0.2, 0.25) is 0 Å². The van der Waals surface area contributed by atoms with Crippen molar-refractivity contribution in [2.45, 2.75) is 99.8 Å². The highest BCUT2D eigenvalue weighted by molar-refractivity contribution is 5.85. The number of aryl methyl sites for hydroxylation is 3. The molecule has 4 aromatic rings. The fourth-order valence-electron chi connectivity index (χ4n) is 7.41. The third kappa shape index (κ3) is 15.3. The van der Waals surface area contributed by atoms with Gasteiger partial charge < -0.3 is 39.1 Å². The molecular formula is C48H71Cl2N3O6. The zero-order chi connectivity index (χ0) is 41.0. The molecule has 59 heavy (non-hydrogen) atoms. The number of aromatic nitrogens is 1. The second-order valence-corrected chi connectivity index (χ2v) is 14.4. The second-order valence-electron chi connectivity index (χ2n) is 14.4. The van der Waals surface area contributed by atoms with Crippen LogP contribution in [0.15, 0.2) is 60.9 Å². The molecule has 0 spiro atoms. The summed E-state index contributed by atoms with van der Waals surface area (Å²) in [5, 5.41) is 6.94. The summed E-state index contributed by atoms with van der Waals surface area (Å²) in [4.78, 5) is 4.16. The van der Waals surface area contributed by atoms with Crippen molar-refractivity contribution in [3.63, 3.8) is 0 Å². The van der Waals surface area contributed by atoms with Crippen molar-refractivity contribution in [3.05, 3.63) is 88.7 Å². The molecule has 0 aliphatic carbocycles. The van der Waals surface area contributed by atoms with Gasteiger partial charge in [-0.05, 0) is 160 Å². The SMILES string of the molecule is CCOc1cc(-c2cccnc2)c(OCC)cc1C.CCOc1cc([C@@H]2CCCNC2)c(OCC)cc1C.CCOc1cc([C@H]2CCCNC2)c(OCC)cc1C.Cl.Cl. The van der Waals surface area contributed by atoms with Crippen molar-refractivity contribution in [1.29, 1.82) is 0 Å². The Kier molecular flexibility index (Phi) is 24.1. The van der Waals surface area contributed by atoms with E-state index in [9.17, 15) is 0 Å². The highest BCUT2D eigenvalue weighted by Crippen LogP contribution is 2.38. The highest BCUT2D eigenvalue weighted by Gasteiger charge is 2.22. The molecule has 2 saturated heterocycles. The smallest absolute Gasteiger partial charge is 0.127 e. The first-order chi connectivity index (χ1) is 27.8. The summed E-state index contributed by atoms with van der Waals surface area (Å²) in [5.74, 6) is 6.87. The molecule has 11 heteroatoms. The van der Waals surface area contributed by atoms with E-state index in [4.69, 9.17) is 28.4 Å². The van der Waals surface area contributed by atoms with Crippen molar-refractivity contribution >= 4 is 24.8 Å². The lowest BCUT2D eigenvalue weighted by molar-refractivity contribution is 0.320. The van der Waals surface area contributed by atoms with Crippen LogP contribution >= 0.6 is 24.8 Å². The lowest BCUT2D eigenvalue weighted by Crippen LogP contribution is -2.28. The van der Waals surface area contributed by atoms with E-state index in [2.05, 4.69) is 53.7 Å². The van der Waals surface area contributed by atoms with E-state index >= 15 is 0 Å². The van der Waals surface area contributed by atoms with Crippen molar-refractivity contribution in [3.8, 4) is 45.6 Å². The number of halogens is 2. The number of nitrogens with one attached hydrogen (secondary N) is 2. The summed E-state index contributed by atoms with van der Waals surface area (Å²) in [7, 11) is 0. The number of rotatable bonds is 15. The first kappa shape index (κ1) is 51.3. The molecule has 328 valence electrons. The van der Waals surface area contributed by atoms with E-state index in [1.165, 1.54) is 36.8 Å². The Morgan fingerprint density at radius 1 is 0.525 bits per heavy atom. The molecule has 2 fully saturated rings. The maximum atomic E-state index is 5.82. The number of benzene rings is 3. The average molecular weight is 857 g/mol. The third-order valence-electron chi connectivity index (χ3n) is 10.1. The molecule has 2 aliphatic rings. The van der Waals surface area contributed by atoms with Gasteiger partial charge in [0.1, 0.15) is 34.5 Å². The van der Waals surface area contributed by atoms with Crippen LogP contribution in [0.25, 0.3) is 11.1 Å². The molecule has 2 atom stereocenters. The van der Waals surface area contributed by atoms with Crippen LogP contribution in [0.4, 0.5) is 0 Å². The Morgan fingerprint density at radius 2 is 0.915 bits per heavy atom. The molecule has 6 rings (SSSR count). The van der Waals surface area contributed by atoms with E-state index in [1.54, 1.807) is 6.20 Å². The first-order valence-corrected chi connectivity index (χ1v) is 21.3. The van der Waals surface area contributed by atoms with E-state index in [1.807, 2.05) is 78.9 Å². The van der Waals surface area contributed by atoms with Crippen LogP contribution < -0.4 is 39.1 Å². The molecule has 2 aliphatic heterocycles. The molecule has 0 unspecified atom stereocenters. The first-order valence-electron chi connectivity index (χ1n) is 21.3. The summed E-state index contributed by atoms with van der Waals surface area (Å²) in [6, 6.07) is 16.6. The van der Waals surface area contributed by atoms with Crippen LogP contribution in [-0.2, 0) is 0 Å². The lowest BCUT2D eigenvalue weighted by atomic mass is 9.90. The molecule has 0 saturated carbocycles. The van der Waals surface area contributed by atoms with Gasteiger partial charge in [-0.3, -0.25) is 4.98 Å². The van der Waals surface area contributed by atoms with Gasteiger partial charge in [0, 0.05) is 59.6 Å². The second kappa shape index (κ2) is 27.8. The largest absolute Gasteiger partial charge is 0.494 e. The Labute approximate surface area is 367 Å². The quantitative estimate of drug-likeness (QED) is 0.121. The van der Waals surface area contributed by atoms with E-state index in [-0.39, 0.29) is 24.8 Å². The fraction of sp³-hybridized carbons (Fsp3) is 0.521. The van der Waals surface area contributed by atoms with E-state index in [0.29, 0.717) is 51.5 Å². The maximum Gasteiger partial charge on any atom is 0.127 e. The maximum absolute atomic E-state index is 5.82. The Hall–Kier alpha value is -3.89. The van der Waals surface area contributed by atoms with Gasteiger partial charge in [0.05, 0.1) is 39.6 Å². The van der Waals surface area contributed by atoms with Crippen molar-refractivity contribution in [2.24, 2.45) is 0 Å². The van der Waals surface area contributed by atoms with Crippen LogP contribution in [0.3, 0.4) is 0 Å². The lowest BCUT2D eigenvalue weighted by Gasteiger charge is -2.26. The van der Waals surface area contributed by atoms with Gasteiger partial charge in [-0.25, -0.2) is 0 Å². The summed E-state index contributed by atoms with van der Waals surface area (Å²) in [5.41, 5.74) is 8.02. The standard InChI is InChI=1S/2C16H25NO2.C16H19NO2.2ClH/c3*1-4-18-15-10-14(13-7-6-8-17-11-13)16(19-5-2)9-12(15)3;;/h2*9-10,13,17H,4-8,11H2,1-3H3;6-11H,4-5H2,1-3H3;2*1H/t2*13-;;;/m10.../s1. The molecule has 0 radical (unpaired) electrons. The number of hydrogen-bond acceptors (Lipinski definition) is 9. The van der Waals surface area contributed by atoms with Gasteiger partial charge in [-0.1, -0.05) is 6.07 Å². The monoisotopic (exact) mass is 855 g/mol. The number of ether oxygens (including phenoxy) is 6. The minimum Gasteiger partial charge on any atom is -0.494 e. The van der Waals surface area contributed by atoms with Crippen LogP contribution in [0.2, 0.25) is 0 Å². The summed E-state index contributed by atoms with van der Waals surface area (Å²) < 4.78 is 34.5. The zero-order valence-electron chi connectivity index (χ0n) is 37.0. The van der Waals surface area contributed by atoms with Crippen molar-refractivity contribution < 1.29 is 28.4 Å². The Balaban J connectivity index is 0.000000300. The van der Waals surface area contributed by atoms with Crippen LogP contribution in [-0.4, -0.2) is 70.8 Å². The minimum atomic E-state index is 0. The number of nitrogens with zero attached hydrogens (tertiary/aromatic N) is 1. The topological polar surface area (TPSA) is 92.3 Å². The Morgan fingerprint density at radius 3 is 1.29 bits per heavy atom. The molecule has 3 aromatic carbocycles. The van der Waals surface area contributed by atoms with Gasteiger partial charge in [0.25, 0.3) is 0 Å². The van der Waals surface area contributed by atoms with Crippen LogP contribution in [0.1, 0.15) is 107 Å². The molecule has 9 nitrogen and oxygen atoms in total. The third-order valence-corrected chi connectivity index (χ3v) is 10.1. The molecule has 0 amide bonds. The molecule has 3 heterocycles. The molecule has 2 N–H and O–H groups in total. The van der Waals surface area contributed by atoms with Crippen LogP contribution in [0.5, 0.6) is 34.5 Å². The van der Waals surface area contributed by atoms with E-state index < -0.39 is 0 Å². The fourth-order valence-corrected chi connectivity index (χ4v) is 7.41. The number of pyridine rings is 1. The summed E-state index contributed by atoms with van der Waals surface area (Å²) >= 11 is 0. The predicted molar refractivity (Wildman–Crippen MR) is 248 cm³/mol. The van der Waals surface area contributed by atoms with Crippen LogP contribution in [0, 0.1) is 20.8 Å². The number of hydrogen-bond donors (Lipinski definition) is 2. The number of piperidine rings is 2. The van der Waals surface area contributed by atoms with Gasteiger partial charge >= 0.3 is 0 Å². The van der Waals surface area contributed by atoms with Gasteiger partial charge in [-0.2, -0.15) is 0 Å². The molecular weight excluding hydrogens is 785 g/mol. The molecule has 1 aromatic heterocycles.